The van der Waals surface area contributed by atoms with Gasteiger partial charge in [-0.05, 0) is 24.3 Å². The fraction of sp³-hybridized carbons (Fsp3) is 0.133. The number of rotatable bonds is 3. The Bertz CT molecular complexity index is 707. The van der Waals surface area contributed by atoms with Crippen molar-refractivity contribution in [2.24, 2.45) is 7.05 Å². The largest absolute Gasteiger partial charge is 0.487 e. The van der Waals surface area contributed by atoms with Crippen molar-refractivity contribution in [2.45, 2.75) is 6.61 Å². The second kappa shape index (κ2) is 5.05. The molecule has 0 fully saturated rings. The van der Waals surface area contributed by atoms with Crippen LogP contribution in [-0.4, -0.2) is 9.55 Å². The lowest BCUT2D eigenvalue weighted by Crippen LogP contribution is -1.94. The summed E-state index contributed by atoms with van der Waals surface area (Å²) in [5, 5.41) is 1.22. The van der Waals surface area contributed by atoms with Gasteiger partial charge < -0.3 is 9.30 Å². The number of nitrogens with zero attached hydrogens (tertiary/aromatic N) is 2. The molecule has 0 aliphatic rings. The molecule has 1 aromatic carbocycles. The van der Waals surface area contributed by atoms with Crippen LogP contribution in [0.3, 0.4) is 0 Å². The molecule has 0 bridgehead atoms. The fourth-order valence-electron chi connectivity index (χ4n) is 2.15. The first-order valence-electron chi connectivity index (χ1n) is 6.00. The third-order valence-electron chi connectivity index (χ3n) is 3.06. The molecule has 0 unspecified atom stereocenters. The molecule has 2 heterocycles. The molecule has 19 heavy (non-hydrogen) atoms. The van der Waals surface area contributed by atoms with Crippen LogP contribution in [0.1, 0.15) is 5.56 Å². The predicted octanol–water partition coefficient (Wildman–Crippen LogP) is 3.91. The van der Waals surface area contributed by atoms with Gasteiger partial charge in [-0.25, -0.2) is 0 Å². The summed E-state index contributed by atoms with van der Waals surface area (Å²) < 4.78 is 8.95. The molecule has 0 radical (unpaired) electrons. The molecule has 3 nitrogen and oxygen atoms in total. The third-order valence-corrected chi connectivity index (χ3v) is 3.56. The van der Waals surface area contributed by atoms with E-state index in [-0.39, 0.29) is 0 Å². The minimum atomic E-state index is 0.546. The molecule has 0 aliphatic carbocycles. The van der Waals surface area contributed by atoms with Gasteiger partial charge in [0.1, 0.15) is 12.4 Å². The third kappa shape index (κ3) is 2.49. The van der Waals surface area contributed by atoms with Gasteiger partial charge in [-0.3, -0.25) is 4.98 Å². The monoisotopic (exact) mass is 316 g/mol. The summed E-state index contributed by atoms with van der Waals surface area (Å²) in [5.41, 5.74) is 2.37. The van der Waals surface area contributed by atoms with E-state index in [1.54, 1.807) is 12.4 Å². The van der Waals surface area contributed by atoms with Crippen LogP contribution in [0.5, 0.6) is 5.75 Å². The Morgan fingerprint density at radius 2 is 2.21 bits per heavy atom. The Kier molecular flexibility index (Phi) is 3.25. The van der Waals surface area contributed by atoms with Gasteiger partial charge in [0.15, 0.2) is 0 Å². The number of aryl methyl sites for hydroxylation is 1. The lowest BCUT2D eigenvalue weighted by molar-refractivity contribution is 0.306. The highest BCUT2D eigenvalue weighted by Crippen LogP contribution is 2.25. The first-order valence-corrected chi connectivity index (χ1v) is 6.79. The Labute approximate surface area is 120 Å². The topological polar surface area (TPSA) is 27.1 Å². The fourth-order valence-corrected chi connectivity index (χ4v) is 2.50. The number of fused-ring (bicyclic) bond motifs is 1. The number of hydrogen-bond acceptors (Lipinski definition) is 2. The first kappa shape index (κ1) is 12.2. The Morgan fingerprint density at radius 3 is 3.00 bits per heavy atom. The summed E-state index contributed by atoms with van der Waals surface area (Å²) in [6.45, 7) is 0.546. The molecular weight excluding hydrogens is 304 g/mol. The molecule has 0 N–H and O–H groups in total. The van der Waals surface area contributed by atoms with Gasteiger partial charge in [0.05, 0.1) is 6.20 Å². The standard InChI is InChI=1S/C15H13BrN2O/c1-18-9-11(10-19-13-3-2-6-17-8-13)14-5-4-12(16)7-15(14)18/h2-9H,10H2,1H3. The number of aromatic nitrogens is 2. The second-order valence-electron chi connectivity index (χ2n) is 4.40. The normalized spacial score (nSPS) is 10.8. The summed E-state index contributed by atoms with van der Waals surface area (Å²) >= 11 is 3.50. The maximum Gasteiger partial charge on any atom is 0.138 e. The van der Waals surface area contributed by atoms with E-state index < -0.39 is 0 Å². The summed E-state index contributed by atoms with van der Waals surface area (Å²) in [6, 6.07) is 10.1. The predicted molar refractivity (Wildman–Crippen MR) is 79.2 cm³/mol. The highest BCUT2D eigenvalue weighted by atomic mass is 79.9. The average molecular weight is 317 g/mol. The summed E-state index contributed by atoms with van der Waals surface area (Å²) in [7, 11) is 2.04. The van der Waals surface area contributed by atoms with Crippen LogP contribution in [0.2, 0.25) is 0 Å². The average Bonchev–Trinajstić information content (AvgIpc) is 2.74. The smallest absolute Gasteiger partial charge is 0.138 e. The van der Waals surface area contributed by atoms with Crippen LogP contribution < -0.4 is 4.74 Å². The lowest BCUT2D eigenvalue weighted by Gasteiger charge is -2.04. The number of halogens is 1. The van der Waals surface area contributed by atoms with Gasteiger partial charge in [-0.2, -0.15) is 0 Å². The summed E-state index contributed by atoms with van der Waals surface area (Å²) in [4.78, 5) is 4.04. The first-order chi connectivity index (χ1) is 9.24. The van der Waals surface area contributed by atoms with E-state index in [0.717, 1.165) is 10.2 Å². The van der Waals surface area contributed by atoms with Crippen LogP contribution >= 0.6 is 15.9 Å². The molecule has 96 valence electrons. The van der Waals surface area contributed by atoms with Crippen molar-refractivity contribution in [3.8, 4) is 5.75 Å². The second-order valence-corrected chi connectivity index (χ2v) is 5.32. The van der Waals surface area contributed by atoms with Gasteiger partial charge in [0.2, 0.25) is 0 Å². The minimum absolute atomic E-state index is 0.546. The molecule has 2 aromatic heterocycles. The maximum absolute atomic E-state index is 5.76. The van der Waals surface area contributed by atoms with Crippen molar-refractivity contribution in [2.75, 3.05) is 0 Å². The molecule has 4 heteroatoms. The number of ether oxygens (including phenoxy) is 1. The SMILES string of the molecule is Cn1cc(COc2cccnc2)c2ccc(Br)cc21. The molecule has 0 amide bonds. The van der Waals surface area contributed by atoms with E-state index >= 15 is 0 Å². The zero-order valence-electron chi connectivity index (χ0n) is 10.5. The highest BCUT2D eigenvalue weighted by Gasteiger charge is 2.07. The van der Waals surface area contributed by atoms with Crippen molar-refractivity contribution in [1.29, 1.82) is 0 Å². The van der Waals surface area contributed by atoms with E-state index in [2.05, 4.69) is 49.9 Å². The van der Waals surface area contributed by atoms with Crippen LogP contribution in [0.25, 0.3) is 10.9 Å². The van der Waals surface area contributed by atoms with Gasteiger partial charge in [-0.15, -0.1) is 0 Å². The molecule has 0 saturated heterocycles. The summed E-state index contributed by atoms with van der Waals surface area (Å²) in [5.74, 6) is 0.789. The molecule has 3 rings (SSSR count). The maximum atomic E-state index is 5.76. The van der Waals surface area contributed by atoms with E-state index in [0.29, 0.717) is 6.61 Å². The van der Waals surface area contributed by atoms with Gasteiger partial charge in [-0.1, -0.05) is 22.0 Å². The van der Waals surface area contributed by atoms with Gasteiger partial charge in [0.25, 0.3) is 0 Å². The van der Waals surface area contributed by atoms with Gasteiger partial charge in [0, 0.05) is 40.4 Å². The molecule has 3 aromatic rings. The van der Waals surface area contributed by atoms with Gasteiger partial charge >= 0.3 is 0 Å². The van der Waals surface area contributed by atoms with E-state index in [9.17, 15) is 0 Å². The van der Waals surface area contributed by atoms with Crippen LogP contribution in [0, 0.1) is 0 Å². The van der Waals surface area contributed by atoms with Crippen molar-refractivity contribution >= 4 is 26.8 Å². The van der Waals surface area contributed by atoms with Crippen molar-refractivity contribution in [1.82, 2.24) is 9.55 Å². The molecule has 0 saturated carbocycles. The molecular formula is C15H13BrN2O. The zero-order chi connectivity index (χ0) is 13.2. The number of hydrogen-bond donors (Lipinski definition) is 0. The van der Waals surface area contributed by atoms with E-state index in [4.69, 9.17) is 4.74 Å². The Hall–Kier alpha value is -1.81. The number of pyridine rings is 1. The van der Waals surface area contributed by atoms with E-state index in [1.807, 2.05) is 19.2 Å². The Morgan fingerprint density at radius 1 is 1.32 bits per heavy atom. The van der Waals surface area contributed by atoms with Crippen LogP contribution in [0.15, 0.2) is 53.4 Å². The summed E-state index contributed by atoms with van der Waals surface area (Å²) in [6.07, 6.45) is 5.57. The molecule has 0 spiro atoms. The Balaban J connectivity index is 1.89. The van der Waals surface area contributed by atoms with Crippen molar-refractivity contribution < 1.29 is 4.74 Å². The van der Waals surface area contributed by atoms with E-state index in [1.165, 1.54) is 16.5 Å². The number of benzene rings is 1. The lowest BCUT2D eigenvalue weighted by atomic mass is 10.2. The quantitative estimate of drug-likeness (QED) is 0.732. The van der Waals surface area contributed by atoms with Crippen LogP contribution in [-0.2, 0) is 13.7 Å². The molecule has 0 atom stereocenters. The van der Waals surface area contributed by atoms with Crippen LogP contribution in [0.4, 0.5) is 0 Å². The van der Waals surface area contributed by atoms with Crippen molar-refractivity contribution in [3.05, 3.63) is 59.0 Å². The molecule has 0 aliphatic heterocycles. The zero-order valence-corrected chi connectivity index (χ0v) is 12.1. The van der Waals surface area contributed by atoms with Crippen molar-refractivity contribution in [3.63, 3.8) is 0 Å². The highest BCUT2D eigenvalue weighted by molar-refractivity contribution is 9.10. The minimum Gasteiger partial charge on any atom is -0.487 e.